The third-order valence-electron chi connectivity index (χ3n) is 2.89. The van der Waals surface area contributed by atoms with Crippen LogP contribution in [-0.2, 0) is 16.6 Å². The van der Waals surface area contributed by atoms with Crippen molar-refractivity contribution >= 4 is 31.6 Å². The summed E-state index contributed by atoms with van der Waals surface area (Å²) >= 11 is 3.04. The van der Waals surface area contributed by atoms with Gasteiger partial charge in [-0.2, -0.15) is 0 Å². The maximum absolute atomic E-state index is 13.8. The predicted molar refractivity (Wildman–Crippen MR) is 81.5 cm³/mol. The van der Waals surface area contributed by atoms with Crippen LogP contribution >= 0.6 is 15.9 Å². The second kappa shape index (κ2) is 6.08. The Labute approximate surface area is 130 Å². The number of halogens is 2. The molecule has 0 aliphatic heterocycles. The topological polar surface area (TPSA) is 85.1 Å². The molecule has 3 N–H and O–H groups in total. The van der Waals surface area contributed by atoms with E-state index in [2.05, 4.69) is 25.6 Å². The van der Waals surface area contributed by atoms with E-state index in [-0.39, 0.29) is 12.2 Å². The molecular formula is C13H13BrFN3O2S. The van der Waals surface area contributed by atoms with Crippen LogP contribution in [0.15, 0.2) is 39.8 Å². The minimum Gasteiger partial charge on any atom is -0.398 e. The van der Waals surface area contributed by atoms with E-state index in [0.29, 0.717) is 10.2 Å². The molecule has 0 bridgehead atoms. The van der Waals surface area contributed by atoms with Gasteiger partial charge in [-0.25, -0.2) is 17.5 Å². The molecule has 21 heavy (non-hydrogen) atoms. The van der Waals surface area contributed by atoms with Gasteiger partial charge >= 0.3 is 0 Å². The summed E-state index contributed by atoms with van der Waals surface area (Å²) in [7, 11) is -4.01. The number of hydrogen-bond donors (Lipinski definition) is 2. The van der Waals surface area contributed by atoms with E-state index in [0.717, 1.165) is 17.7 Å². The Bertz CT molecular complexity index is 781. The number of nitrogens with two attached hydrogens (primary N) is 1. The van der Waals surface area contributed by atoms with Gasteiger partial charge in [-0.1, -0.05) is 6.07 Å². The summed E-state index contributed by atoms with van der Waals surface area (Å²) in [4.78, 5) is 3.59. The molecule has 0 amide bonds. The number of nitrogen functional groups attached to an aromatic ring is 1. The van der Waals surface area contributed by atoms with E-state index < -0.39 is 20.7 Å². The molecule has 0 unspecified atom stereocenters. The maximum atomic E-state index is 13.8. The van der Waals surface area contributed by atoms with Crippen LogP contribution in [0.3, 0.4) is 0 Å². The van der Waals surface area contributed by atoms with E-state index in [9.17, 15) is 12.8 Å². The lowest BCUT2D eigenvalue weighted by Crippen LogP contribution is -2.25. The summed E-state index contributed by atoms with van der Waals surface area (Å²) in [6.07, 6.45) is 1.56. The molecule has 0 radical (unpaired) electrons. The van der Waals surface area contributed by atoms with Crippen molar-refractivity contribution in [3.05, 3.63) is 52.0 Å². The highest BCUT2D eigenvalue weighted by atomic mass is 79.9. The van der Waals surface area contributed by atoms with E-state index >= 15 is 0 Å². The lowest BCUT2D eigenvalue weighted by Gasteiger charge is -2.10. The average Bonchev–Trinajstić information content (AvgIpc) is 2.42. The second-order valence-corrected chi connectivity index (χ2v) is 6.99. The highest BCUT2D eigenvalue weighted by molar-refractivity contribution is 9.10. The Morgan fingerprint density at radius 1 is 1.43 bits per heavy atom. The summed E-state index contributed by atoms with van der Waals surface area (Å²) < 4.78 is 40.7. The number of anilines is 1. The zero-order valence-electron chi connectivity index (χ0n) is 11.1. The highest BCUT2D eigenvalue weighted by Gasteiger charge is 2.20. The van der Waals surface area contributed by atoms with E-state index in [1.807, 2.05) is 13.0 Å². The first-order chi connectivity index (χ1) is 9.81. The minimum atomic E-state index is -4.01. The standard InChI is InChI=1S/C13H13BrFN3O2S/c1-8-3-2-4-17-12(8)7-18-21(19,20)13-6-11(16)9(14)5-10(13)15/h2-6,18H,7,16H2,1H3. The summed E-state index contributed by atoms with van der Waals surface area (Å²) in [5.41, 5.74) is 7.16. The number of hydrogen-bond acceptors (Lipinski definition) is 4. The molecule has 2 rings (SSSR count). The molecule has 2 aromatic rings. The number of aromatic nitrogens is 1. The number of sulfonamides is 1. The third kappa shape index (κ3) is 3.58. The van der Waals surface area contributed by atoms with Crippen molar-refractivity contribution in [1.29, 1.82) is 0 Å². The number of pyridine rings is 1. The Hall–Kier alpha value is -1.51. The molecule has 1 aromatic heterocycles. The van der Waals surface area contributed by atoms with Gasteiger partial charge in [-0.05, 0) is 46.6 Å². The smallest absolute Gasteiger partial charge is 0.243 e. The monoisotopic (exact) mass is 373 g/mol. The van der Waals surface area contributed by atoms with Gasteiger partial charge in [0.05, 0.1) is 12.2 Å². The fourth-order valence-corrected chi connectivity index (χ4v) is 3.09. The first kappa shape index (κ1) is 15.9. The zero-order valence-corrected chi connectivity index (χ0v) is 13.5. The lowest BCUT2D eigenvalue weighted by molar-refractivity contribution is 0.556. The number of nitrogens with zero attached hydrogens (tertiary/aromatic N) is 1. The summed E-state index contributed by atoms with van der Waals surface area (Å²) in [6, 6.07) is 5.67. The van der Waals surface area contributed by atoms with Crippen LogP contribution in [0, 0.1) is 12.7 Å². The van der Waals surface area contributed by atoms with Crippen molar-refractivity contribution in [1.82, 2.24) is 9.71 Å². The fraction of sp³-hybridized carbons (Fsp3) is 0.154. The van der Waals surface area contributed by atoms with Crippen LogP contribution in [0.2, 0.25) is 0 Å². The number of nitrogens with one attached hydrogen (secondary N) is 1. The van der Waals surface area contributed by atoms with Gasteiger partial charge in [0.15, 0.2) is 0 Å². The van der Waals surface area contributed by atoms with Gasteiger partial charge < -0.3 is 5.73 Å². The molecule has 0 atom stereocenters. The van der Waals surface area contributed by atoms with Crippen LogP contribution in [0.25, 0.3) is 0 Å². The van der Waals surface area contributed by atoms with Crippen LogP contribution in [0.1, 0.15) is 11.3 Å². The fourth-order valence-electron chi connectivity index (χ4n) is 1.70. The first-order valence-electron chi connectivity index (χ1n) is 5.96. The SMILES string of the molecule is Cc1cccnc1CNS(=O)(=O)c1cc(N)c(Br)cc1F. The number of benzene rings is 1. The van der Waals surface area contributed by atoms with Crippen molar-refractivity contribution in [2.75, 3.05) is 5.73 Å². The average molecular weight is 374 g/mol. The molecular weight excluding hydrogens is 361 g/mol. The second-order valence-electron chi connectivity index (χ2n) is 4.40. The van der Waals surface area contributed by atoms with Gasteiger partial charge in [0.25, 0.3) is 0 Å². The molecule has 8 heteroatoms. The molecule has 1 aromatic carbocycles. The van der Waals surface area contributed by atoms with Crippen LogP contribution in [0.4, 0.5) is 10.1 Å². The predicted octanol–water partition coefficient (Wildman–Crippen LogP) is 2.35. The summed E-state index contributed by atoms with van der Waals surface area (Å²) in [5, 5.41) is 0. The van der Waals surface area contributed by atoms with E-state index in [1.165, 1.54) is 0 Å². The molecule has 0 saturated carbocycles. The number of rotatable bonds is 4. The Morgan fingerprint density at radius 2 is 2.14 bits per heavy atom. The van der Waals surface area contributed by atoms with Crippen LogP contribution in [-0.4, -0.2) is 13.4 Å². The van der Waals surface area contributed by atoms with Crippen molar-refractivity contribution in [2.45, 2.75) is 18.4 Å². The van der Waals surface area contributed by atoms with Crippen LogP contribution in [0.5, 0.6) is 0 Å². The van der Waals surface area contributed by atoms with Crippen LogP contribution < -0.4 is 10.5 Å². The van der Waals surface area contributed by atoms with E-state index in [4.69, 9.17) is 5.73 Å². The van der Waals surface area contributed by atoms with Gasteiger partial charge in [-0.3, -0.25) is 4.98 Å². The molecule has 0 fully saturated rings. The van der Waals surface area contributed by atoms with Gasteiger partial charge in [0.2, 0.25) is 10.0 Å². The third-order valence-corrected chi connectivity index (χ3v) is 4.99. The maximum Gasteiger partial charge on any atom is 0.243 e. The largest absolute Gasteiger partial charge is 0.398 e. The molecule has 0 aliphatic carbocycles. The van der Waals surface area contributed by atoms with Gasteiger partial charge in [0, 0.05) is 16.4 Å². The molecule has 112 valence electrons. The summed E-state index contributed by atoms with van der Waals surface area (Å²) in [5.74, 6) is -0.874. The zero-order chi connectivity index (χ0) is 15.6. The van der Waals surface area contributed by atoms with E-state index in [1.54, 1.807) is 12.3 Å². The van der Waals surface area contributed by atoms with Crippen molar-refractivity contribution in [3.63, 3.8) is 0 Å². The highest BCUT2D eigenvalue weighted by Crippen LogP contribution is 2.26. The Balaban J connectivity index is 2.27. The van der Waals surface area contributed by atoms with Crippen molar-refractivity contribution < 1.29 is 12.8 Å². The number of aryl methyl sites for hydroxylation is 1. The normalized spacial score (nSPS) is 11.6. The first-order valence-corrected chi connectivity index (χ1v) is 8.23. The Kier molecular flexibility index (Phi) is 4.60. The van der Waals surface area contributed by atoms with Crippen molar-refractivity contribution in [3.8, 4) is 0 Å². The van der Waals surface area contributed by atoms with Gasteiger partial charge in [0.1, 0.15) is 10.7 Å². The van der Waals surface area contributed by atoms with Gasteiger partial charge in [-0.15, -0.1) is 0 Å². The quantitative estimate of drug-likeness (QED) is 0.805. The molecule has 1 heterocycles. The van der Waals surface area contributed by atoms with Crippen molar-refractivity contribution in [2.24, 2.45) is 0 Å². The molecule has 0 saturated heterocycles. The molecule has 0 aliphatic rings. The lowest BCUT2D eigenvalue weighted by atomic mass is 10.2. The molecule has 0 spiro atoms. The Morgan fingerprint density at radius 3 is 2.81 bits per heavy atom. The summed E-state index contributed by atoms with van der Waals surface area (Å²) in [6.45, 7) is 1.79. The molecule has 5 nitrogen and oxygen atoms in total. The minimum absolute atomic E-state index is 0.0234.